The first-order valence-corrected chi connectivity index (χ1v) is 6.10. The zero-order valence-electron chi connectivity index (χ0n) is 9.09. The van der Waals surface area contributed by atoms with E-state index in [1.165, 1.54) is 19.3 Å². The molecule has 0 aliphatic heterocycles. The molecule has 0 aromatic carbocycles. The molecule has 0 unspecified atom stereocenters. The molecule has 1 N–H and O–H groups in total. The molecule has 0 bridgehead atoms. The Morgan fingerprint density at radius 1 is 1.53 bits per heavy atom. The standard InChI is InChI=1S/C12H17ClN2/c1-2-10-8-11(4-7-14-10)15-12(9-13)5-3-6-12/h4,7-8H,2-3,5-6,9H2,1H3,(H,14,15). The Morgan fingerprint density at radius 2 is 2.33 bits per heavy atom. The summed E-state index contributed by atoms with van der Waals surface area (Å²) in [6, 6.07) is 4.14. The highest BCUT2D eigenvalue weighted by molar-refractivity contribution is 6.19. The summed E-state index contributed by atoms with van der Waals surface area (Å²) in [7, 11) is 0. The van der Waals surface area contributed by atoms with Gasteiger partial charge in [0.25, 0.3) is 0 Å². The van der Waals surface area contributed by atoms with Gasteiger partial charge in [0.2, 0.25) is 0 Å². The Labute approximate surface area is 96.1 Å². The molecule has 0 amide bonds. The topological polar surface area (TPSA) is 24.9 Å². The summed E-state index contributed by atoms with van der Waals surface area (Å²) in [5.74, 6) is 0.691. The summed E-state index contributed by atoms with van der Waals surface area (Å²) in [6.45, 7) is 2.12. The van der Waals surface area contributed by atoms with Gasteiger partial charge in [0.15, 0.2) is 0 Å². The third kappa shape index (κ3) is 2.25. The van der Waals surface area contributed by atoms with Crippen LogP contribution in [0.2, 0.25) is 0 Å². The van der Waals surface area contributed by atoms with Crippen LogP contribution in [0.15, 0.2) is 18.3 Å². The van der Waals surface area contributed by atoms with Crippen LogP contribution in [-0.2, 0) is 6.42 Å². The SMILES string of the molecule is CCc1cc(NC2(CCl)CCC2)ccn1. The predicted octanol–water partition coefficient (Wildman–Crippen LogP) is 3.22. The lowest BCUT2D eigenvalue weighted by Gasteiger charge is -2.42. The Morgan fingerprint density at radius 3 is 2.87 bits per heavy atom. The Balaban J connectivity index is 2.09. The van der Waals surface area contributed by atoms with Gasteiger partial charge in [0, 0.05) is 23.5 Å². The van der Waals surface area contributed by atoms with Gasteiger partial charge in [-0.05, 0) is 37.8 Å². The molecule has 0 saturated heterocycles. The summed E-state index contributed by atoms with van der Waals surface area (Å²) < 4.78 is 0. The fraction of sp³-hybridized carbons (Fsp3) is 0.583. The van der Waals surface area contributed by atoms with Crippen LogP contribution in [0.3, 0.4) is 0 Å². The van der Waals surface area contributed by atoms with Gasteiger partial charge in [-0.1, -0.05) is 6.92 Å². The molecule has 2 rings (SSSR count). The van der Waals surface area contributed by atoms with Gasteiger partial charge in [0.05, 0.1) is 5.54 Å². The van der Waals surface area contributed by atoms with Crippen molar-refractivity contribution in [3.63, 3.8) is 0 Å². The van der Waals surface area contributed by atoms with Crippen LogP contribution in [0.4, 0.5) is 5.69 Å². The maximum Gasteiger partial charge on any atom is 0.0508 e. The molecule has 0 spiro atoms. The van der Waals surface area contributed by atoms with E-state index >= 15 is 0 Å². The van der Waals surface area contributed by atoms with Crippen LogP contribution >= 0.6 is 11.6 Å². The predicted molar refractivity (Wildman–Crippen MR) is 64.5 cm³/mol. The van der Waals surface area contributed by atoms with Gasteiger partial charge in [-0.25, -0.2) is 0 Å². The number of rotatable bonds is 4. The van der Waals surface area contributed by atoms with Crippen LogP contribution in [0.5, 0.6) is 0 Å². The van der Waals surface area contributed by atoms with Crippen LogP contribution in [0.1, 0.15) is 31.9 Å². The van der Waals surface area contributed by atoms with Crippen molar-refractivity contribution >= 4 is 17.3 Å². The van der Waals surface area contributed by atoms with E-state index < -0.39 is 0 Å². The lowest BCUT2D eigenvalue weighted by Crippen LogP contribution is -2.46. The largest absolute Gasteiger partial charge is 0.378 e. The molecule has 82 valence electrons. The zero-order chi connectivity index (χ0) is 10.7. The van der Waals surface area contributed by atoms with Gasteiger partial charge in [-0.2, -0.15) is 0 Å². The fourth-order valence-electron chi connectivity index (χ4n) is 1.95. The Hall–Kier alpha value is -0.760. The van der Waals surface area contributed by atoms with Crippen molar-refractivity contribution in [1.82, 2.24) is 4.98 Å². The summed E-state index contributed by atoms with van der Waals surface area (Å²) in [5.41, 5.74) is 2.43. The molecule has 1 aromatic rings. The van der Waals surface area contributed by atoms with E-state index in [2.05, 4.69) is 23.3 Å². The number of aromatic nitrogens is 1. The molecule has 1 heterocycles. The molecule has 3 heteroatoms. The third-order valence-corrected chi connectivity index (χ3v) is 3.67. The van der Waals surface area contributed by atoms with Crippen molar-refractivity contribution < 1.29 is 0 Å². The fourth-order valence-corrected chi connectivity index (χ4v) is 2.29. The monoisotopic (exact) mass is 224 g/mol. The van der Waals surface area contributed by atoms with E-state index in [0.717, 1.165) is 17.8 Å². The highest BCUT2D eigenvalue weighted by Crippen LogP contribution is 2.36. The van der Waals surface area contributed by atoms with Gasteiger partial charge in [-0.15, -0.1) is 11.6 Å². The van der Waals surface area contributed by atoms with Crippen molar-refractivity contribution in [3.05, 3.63) is 24.0 Å². The van der Waals surface area contributed by atoms with Crippen LogP contribution in [0.25, 0.3) is 0 Å². The number of aryl methyl sites for hydroxylation is 1. The highest BCUT2D eigenvalue weighted by Gasteiger charge is 2.35. The average molecular weight is 225 g/mol. The molecular formula is C12H17ClN2. The minimum Gasteiger partial charge on any atom is -0.378 e. The summed E-state index contributed by atoms with van der Waals surface area (Å²) in [4.78, 5) is 4.28. The number of hydrogen-bond acceptors (Lipinski definition) is 2. The molecule has 1 saturated carbocycles. The summed E-state index contributed by atoms with van der Waals surface area (Å²) in [6.07, 6.45) is 6.48. The lowest BCUT2D eigenvalue weighted by molar-refractivity contribution is 0.311. The van der Waals surface area contributed by atoms with Crippen molar-refractivity contribution in [1.29, 1.82) is 0 Å². The van der Waals surface area contributed by atoms with Crippen molar-refractivity contribution in [2.24, 2.45) is 0 Å². The second-order valence-electron chi connectivity index (χ2n) is 4.28. The maximum atomic E-state index is 6.01. The third-order valence-electron chi connectivity index (χ3n) is 3.15. The van der Waals surface area contributed by atoms with E-state index in [1.54, 1.807) is 0 Å². The van der Waals surface area contributed by atoms with Crippen LogP contribution in [0, 0.1) is 0 Å². The molecular weight excluding hydrogens is 208 g/mol. The number of halogens is 1. The van der Waals surface area contributed by atoms with E-state index in [-0.39, 0.29) is 5.54 Å². The highest BCUT2D eigenvalue weighted by atomic mass is 35.5. The number of nitrogens with zero attached hydrogens (tertiary/aromatic N) is 1. The van der Waals surface area contributed by atoms with Crippen molar-refractivity contribution in [3.8, 4) is 0 Å². The molecule has 0 atom stereocenters. The van der Waals surface area contributed by atoms with E-state index in [0.29, 0.717) is 5.88 Å². The quantitative estimate of drug-likeness (QED) is 0.795. The molecule has 0 radical (unpaired) electrons. The lowest BCUT2D eigenvalue weighted by atomic mass is 9.78. The molecule has 15 heavy (non-hydrogen) atoms. The number of pyridine rings is 1. The first-order valence-electron chi connectivity index (χ1n) is 5.57. The second-order valence-corrected chi connectivity index (χ2v) is 4.55. The van der Waals surface area contributed by atoms with E-state index in [9.17, 15) is 0 Å². The molecule has 2 nitrogen and oxygen atoms in total. The molecule has 1 aliphatic rings. The smallest absolute Gasteiger partial charge is 0.0508 e. The minimum atomic E-state index is 0.147. The van der Waals surface area contributed by atoms with Gasteiger partial charge < -0.3 is 5.32 Å². The number of nitrogens with one attached hydrogen (secondary N) is 1. The first kappa shape index (κ1) is 10.7. The first-order chi connectivity index (χ1) is 7.28. The number of hydrogen-bond donors (Lipinski definition) is 1. The van der Waals surface area contributed by atoms with E-state index in [4.69, 9.17) is 11.6 Å². The zero-order valence-corrected chi connectivity index (χ0v) is 9.85. The number of anilines is 1. The van der Waals surface area contributed by atoms with Gasteiger partial charge >= 0.3 is 0 Å². The Kier molecular flexibility index (Phi) is 3.15. The van der Waals surface area contributed by atoms with Crippen LogP contribution in [-0.4, -0.2) is 16.4 Å². The summed E-state index contributed by atoms with van der Waals surface area (Å²) >= 11 is 6.01. The van der Waals surface area contributed by atoms with Gasteiger partial charge in [0.1, 0.15) is 0 Å². The second kappa shape index (κ2) is 4.40. The summed E-state index contributed by atoms with van der Waals surface area (Å²) in [5, 5.41) is 3.54. The maximum absolute atomic E-state index is 6.01. The van der Waals surface area contributed by atoms with Gasteiger partial charge in [-0.3, -0.25) is 4.98 Å². The molecule has 1 aromatic heterocycles. The van der Waals surface area contributed by atoms with Crippen molar-refractivity contribution in [2.75, 3.05) is 11.2 Å². The normalized spacial score (nSPS) is 18.3. The van der Waals surface area contributed by atoms with E-state index in [1.807, 2.05) is 12.3 Å². The Bertz CT molecular complexity index is 329. The van der Waals surface area contributed by atoms with Crippen molar-refractivity contribution in [2.45, 2.75) is 38.1 Å². The number of alkyl halides is 1. The van der Waals surface area contributed by atoms with Crippen LogP contribution < -0.4 is 5.32 Å². The molecule has 1 fully saturated rings. The minimum absolute atomic E-state index is 0.147. The average Bonchev–Trinajstić information content (AvgIpc) is 2.24. The molecule has 1 aliphatic carbocycles.